The number of nitrogens with zero attached hydrogens (tertiary/aromatic N) is 3. The molecule has 0 fully saturated rings. The molecule has 5 aromatic carbocycles. The lowest BCUT2D eigenvalue weighted by atomic mass is 9.56. The molecule has 0 saturated carbocycles. The van der Waals surface area contributed by atoms with E-state index in [-0.39, 0.29) is 11.0 Å². The predicted molar refractivity (Wildman–Crippen MR) is 231 cm³/mol. The number of hydrogen-bond acceptors (Lipinski definition) is 1. The minimum Gasteiger partial charge on any atom is -0.308 e. The normalized spacial score (nSPS) is 18.2. The van der Waals surface area contributed by atoms with E-state index in [2.05, 4.69) is 187 Å². The van der Waals surface area contributed by atoms with Crippen LogP contribution in [0.5, 0.6) is 0 Å². The second-order valence-electron chi connectivity index (χ2n) is 15.6. The van der Waals surface area contributed by atoms with Gasteiger partial charge in [0.2, 0.25) is 11.4 Å². The highest BCUT2D eigenvalue weighted by Crippen LogP contribution is 2.56. The first-order valence-electron chi connectivity index (χ1n) is 19.8. The van der Waals surface area contributed by atoms with Crippen molar-refractivity contribution in [1.82, 2.24) is 4.40 Å². The van der Waals surface area contributed by atoms with Crippen molar-refractivity contribution in [2.45, 2.75) is 50.5 Å². The average molecular weight is 730 g/mol. The lowest BCUT2D eigenvalue weighted by molar-refractivity contribution is -0.757. The summed E-state index contributed by atoms with van der Waals surface area (Å²) < 4.78 is 10.2. The average Bonchev–Trinajstić information content (AvgIpc) is 3.89. The minimum atomic E-state index is -0.326. The molecule has 0 saturated heterocycles. The minimum absolute atomic E-state index is 0.230. The molecule has 55 heavy (non-hydrogen) atoms. The van der Waals surface area contributed by atoms with E-state index in [1.54, 1.807) is 0 Å². The molecule has 0 radical (unpaired) electrons. The van der Waals surface area contributed by atoms with Crippen LogP contribution in [0.25, 0.3) is 80.8 Å². The molecule has 2 atom stereocenters. The summed E-state index contributed by atoms with van der Waals surface area (Å²) in [4.78, 5) is 0. The van der Waals surface area contributed by atoms with Gasteiger partial charge in [0.15, 0.2) is 17.9 Å². The SMILES string of the molecule is C=CC1(CC)[n+]2ccccc2-c2cc3c4cc5c6ccccc6sc5c5c6ccccc6n(c3cc2C1(CC)CCc1ccccc1-c1cccc[n+]1C)c45. The molecular weight excluding hydrogens is 687 g/mol. The van der Waals surface area contributed by atoms with Gasteiger partial charge in [-0.3, -0.25) is 0 Å². The zero-order valence-corrected chi connectivity index (χ0v) is 32.5. The Hall–Kier alpha value is -5.84. The third-order valence-corrected chi connectivity index (χ3v) is 14.7. The number of aromatic nitrogens is 3. The maximum Gasteiger partial charge on any atom is 0.213 e. The quantitative estimate of drug-likeness (QED) is 0.114. The third kappa shape index (κ3) is 4.15. The standard InChI is InChI=1S/C51H43N3S/c1-5-50(27-26-33-18-8-9-19-34(33)42-22-14-16-28-52(42)4)41-32-45-37(30-40(41)43-23-15-17-29-53(43)51(50,6-2)7-3)38-31-39-35-20-11-13-25-46(35)55-49(39)47-36-21-10-12-24-44(36)54(45)48(38)47/h6,8-25,28-32H,2,5,7,26-27H2,1,3-4H3/q+2. The highest BCUT2D eigenvalue weighted by atomic mass is 32.1. The van der Waals surface area contributed by atoms with Gasteiger partial charge in [-0.25, -0.2) is 4.57 Å². The third-order valence-electron chi connectivity index (χ3n) is 13.5. The lowest BCUT2D eigenvalue weighted by Gasteiger charge is -2.48. The van der Waals surface area contributed by atoms with Gasteiger partial charge in [-0.2, -0.15) is 4.57 Å². The van der Waals surface area contributed by atoms with Crippen molar-refractivity contribution in [3.63, 3.8) is 0 Å². The Morgan fingerprint density at radius 3 is 2.24 bits per heavy atom. The number of hydrogen-bond donors (Lipinski definition) is 0. The van der Waals surface area contributed by atoms with E-state index >= 15 is 0 Å². The summed E-state index contributed by atoms with van der Waals surface area (Å²) in [5.74, 6) is 0. The molecule has 0 aliphatic carbocycles. The molecule has 0 amide bonds. The molecule has 5 aromatic heterocycles. The van der Waals surface area contributed by atoms with Crippen LogP contribution >= 0.6 is 11.3 Å². The number of para-hydroxylation sites is 1. The summed E-state index contributed by atoms with van der Waals surface area (Å²) in [5, 5.41) is 8.09. The number of thiophene rings is 1. The van der Waals surface area contributed by atoms with Crippen molar-refractivity contribution < 1.29 is 9.13 Å². The van der Waals surface area contributed by atoms with Gasteiger partial charge in [-0.1, -0.05) is 75.0 Å². The summed E-state index contributed by atoms with van der Waals surface area (Å²) in [7, 11) is 2.15. The highest BCUT2D eigenvalue weighted by molar-refractivity contribution is 7.26. The summed E-state index contributed by atoms with van der Waals surface area (Å²) >= 11 is 1.94. The lowest BCUT2D eigenvalue weighted by Crippen LogP contribution is -2.69. The van der Waals surface area contributed by atoms with E-state index in [9.17, 15) is 0 Å². The molecule has 0 bridgehead atoms. The second-order valence-corrected chi connectivity index (χ2v) is 16.7. The Kier molecular flexibility index (Phi) is 7.01. The van der Waals surface area contributed by atoms with Crippen LogP contribution in [0.4, 0.5) is 0 Å². The summed E-state index contributed by atoms with van der Waals surface area (Å²) in [5.41, 5.74) is 11.3. The van der Waals surface area contributed by atoms with Crippen LogP contribution in [-0.4, -0.2) is 4.40 Å². The fourth-order valence-corrected chi connectivity index (χ4v) is 12.2. The molecule has 2 unspecified atom stereocenters. The topological polar surface area (TPSA) is 12.2 Å². The zero-order chi connectivity index (χ0) is 37.1. The molecule has 6 heterocycles. The Bertz CT molecular complexity index is 3180. The van der Waals surface area contributed by atoms with E-state index < -0.39 is 0 Å². The fourth-order valence-electron chi connectivity index (χ4n) is 11.0. The van der Waals surface area contributed by atoms with Crippen LogP contribution in [-0.2, 0) is 24.4 Å². The zero-order valence-electron chi connectivity index (χ0n) is 31.6. The number of rotatable bonds is 7. The van der Waals surface area contributed by atoms with Gasteiger partial charge in [0.05, 0.1) is 27.5 Å². The van der Waals surface area contributed by atoms with E-state index in [0.29, 0.717) is 0 Å². The van der Waals surface area contributed by atoms with Gasteiger partial charge in [0, 0.05) is 78.0 Å². The van der Waals surface area contributed by atoms with Crippen LogP contribution in [0.15, 0.2) is 152 Å². The van der Waals surface area contributed by atoms with Crippen LogP contribution in [0, 0.1) is 0 Å². The Morgan fingerprint density at radius 1 is 0.673 bits per heavy atom. The second kappa shape index (κ2) is 11.8. The summed E-state index contributed by atoms with van der Waals surface area (Å²) in [6.07, 6.45) is 10.6. The summed E-state index contributed by atoms with van der Waals surface area (Å²) in [6, 6.07) is 47.9. The van der Waals surface area contributed by atoms with Gasteiger partial charge >= 0.3 is 0 Å². The van der Waals surface area contributed by atoms with Gasteiger partial charge in [0.25, 0.3) is 0 Å². The molecular formula is C51H43N3S+2. The van der Waals surface area contributed by atoms with Crippen molar-refractivity contribution in [3.05, 3.63) is 164 Å². The van der Waals surface area contributed by atoms with E-state index in [0.717, 1.165) is 25.7 Å². The van der Waals surface area contributed by atoms with E-state index in [4.69, 9.17) is 0 Å². The van der Waals surface area contributed by atoms with Crippen LogP contribution in [0.1, 0.15) is 44.2 Å². The largest absolute Gasteiger partial charge is 0.308 e. The Labute approximate surface area is 325 Å². The first-order chi connectivity index (χ1) is 27.0. The van der Waals surface area contributed by atoms with Gasteiger partial charge in [0.1, 0.15) is 7.05 Å². The molecule has 1 aliphatic rings. The van der Waals surface area contributed by atoms with Gasteiger partial charge in [-0.15, -0.1) is 11.3 Å². The van der Waals surface area contributed by atoms with Crippen molar-refractivity contribution in [1.29, 1.82) is 0 Å². The summed E-state index contributed by atoms with van der Waals surface area (Å²) in [6.45, 7) is 9.44. The molecule has 3 nitrogen and oxygen atoms in total. The Balaban J connectivity index is 1.23. The molecule has 4 heteroatoms. The molecule has 0 N–H and O–H groups in total. The van der Waals surface area contributed by atoms with Crippen molar-refractivity contribution in [3.8, 4) is 22.5 Å². The van der Waals surface area contributed by atoms with E-state index in [1.807, 2.05) is 11.3 Å². The van der Waals surface area contributed by atoms with Crippen LogP contribution in [0.2, 0.25) is 0 Å². The van der Waals surface area contributed by atoms with Crippen molar-refractivity contribution >= 4 is 69.6 Å². The fraction of sp³-hybridized carbons (Fsp3) is 0.176. The van der Waals surface area contributed by atoms with Crippen molar-refractivity contribution in [2.24, 2.45) is 7.05 Å². The van der Waals surface area contributed by atoms with Gasteiger partial charge in [-0.05, 0) is 85.0 Å². The van der Waals surface area contributed by atoms with Crippen molar-refractivity contribution in [2.75, 3.05) is 0 Å². The number of benzene rings is 5. The number of allylic oxidation sites excluding steroid dienone is 1. The smallest absolute Gasteiger partial charge is 0.213 e. The Morgan fingerprint density at radius 2 is 1.42 bits per heavy atom. The monoisotopic (exact) mass is 729 g/mol. The highest BCUT2D eigenvalue weighted by Gasteiger charge is 2.60. The number of aryl methyl sites for hydroxylation is 2. The van der Waals surface area contributed by atoms with Crippen LogP contribution < -0.4 is 9.13 Å². The van der Waals surface area contributed by atoms with Crippen LogP contribution in [0.3, 0.4) is 0 Å². The molecule has 0 spiro atoms. The number of pyridine rings is 2. The maximum absolute atomic E-state index is 4.66. The molecule has 266 valence electrons. The number of fused-ring (bicyclic) bond motifs is 13. The molecule has 10 aromatic rings. The first-order valence-corrected chi connectivity index (χ1v) is 20.6. The maximum atomic E-state index is 4.66. The molecule has 1 aliphatic heterocycles. The first kappa shape index (κ1) is 32.6. The van der Waals surface area contributed by atoms with Gasteiger partial charge < -0.3 is 4.40 Å². The predicted octanol–water partition coefficient (Wildman–Crippen LogP) is 12.2. The van der Waals surface area contributed by atoms with E-state index in [1.165, 1.54) is 91.9 Å². The molecule has 11 rings (SSSR count).